The first-order valence-electron chi connectivity index (χ1n) is 3.73. The van der Waals surface area contributed by atoms with E-state index in [4.69, 9.17) is 4.42 Å². The van der Waals surface area contributed by atoms with Crippen LogP contribution in [0.5, 0.6) is 0 Å². The minimum absolute atomic E-state index is 0.234. The van der Waals surface area contributed by atoms with E-state index in [1.54, 1.807) is 19.2 Å². The molecule has 0 aliphatic carbocycles. The Hall–Kier alpha value is -1.69. The van der Waals surface area contributed by atoms with Crippen LogP contribution in [0.15, 0.2) is 22.8 Å². The molecule has 2 heterocycles. The zero-order valence-electron chi connectivity index (χ0n) is 6.95. The van der Waals surface area contributed by atoms with Gasteiger partial charge in [0.25, 0.3) is 0 Å². The summed E-state index contributed by atoms with van der Waals surface area (Å²) in [5.41, 5.74) is 0. The molecule has 13 heavy (non-hydrogen) atoms. The van der Waals surface area contributed by atoms with E-state index in [9.17, 15) is 5.11 Å². The van der Waals surface area contributed by atoms with Gasteiger partial charge in [-0.05, 0) is 17.3 Å². The summed E-state index contributed by atoms with van der Waals surface area (Å²) in [7, 11) is 1.63. The summed E-state index contributed by atoms with van der Waals surface area (Å²) in [6.45, 7) is 0. The maximum Gasteiger partial charge on any atom is 0.210 e. The van der Waals surface area contributed by atoms with Crippen LogP contribution in [0.4, 0.5) is 0 Å². The van der Waals surface area contributed by atoms with Gasteiger partial charge in [-0.2, -0.15) is 4.80 Å². The third kappa shape index (κ3) is 1.43. The first kappa shape index (κ1) is 7.93. The monoisotopic (exact) mass is 180 g/mol. The average Bonchev–Trinajstić information content (AvgIpc) is 2.72. The molecule has 0 saturated carbocycles. The molecule has 1 atom stereocenters. The van der Waals surface area contributed by atoms with Crippen molar-refractivity contribution in [3.05, 3.63) is 30.0 Å². The summed E-state index contributed by atoms with van der Waals surface area (Å²) in [4.78, 5) is 1.28. The Morgan fingerprint density at radius 1 is 1.62 bits per heavy atom. The summed E-state index contributed by atoms with van der Waals surface area (Å²) in [5, 5.41) is 20.7. The lowest BCUT2D eigenvalue weighted by molar-refractivity contribution is 0.179. The number of hydrogen-bond donors (Lipinski definition) is 1. The molecule has 0 bridgehead atoms. The Bertz CT molecular complexity index is 381. The lowest BCUT2D eigenvalue weighted by atomic mass is 10.3. The van der Waals surface area contributed by atoms with Crippen LogP contribution in [0.1, 0.15) is 17.7 Å². The number of aromatic nitrogens is 4. The molecule has 0 amide bonds. The molecule has 1 unspecified atom stereocenters. The largest absolute Gasteiger partial charge is 0.466 e. The Kier molecular flexibility index (Phi) is 1.82. The highest BCUT2D eigenvalue weighted by atomic mass is 16.4. The van der Waals surface area contributed by atoms with Gasteiger partial charge in [0, 0.05) is 0 Å². The van der Waals surface area contributed by atoms with Crippen LogP contribution < -0.4 is 0 Å². The number of aliphatic hydroxyl groups is 1. The Morgan fingerprint density at radius 3 is 3.00 bits per heavy atom. The van der Waals surface area contributed by atoms with Crippen molar-refractivity contribution in [3.8, 4) is 0 Å². The molecule has 2 rings (SSSR count). The molecule has 68 valence electrons. The molecule has 0 radical (unpaired) electrons. The van der Waals surface area contributed by atoms with Crippen LogP contribution in [0.25, 0.3) is 0 Å². The van der Waals surface area contributed by atoms with Crippen molar-refractivity contribution in [1.29, 1.82) is 0 Å². The van der Waals surface area contributed by atoms with Gasteiger partial charge in [0.2, 0.25) is 5.82 Å². The molecular formula is C7H8N4O2. The smallest absolute Gasteiger partial charge is 0.210 e. The van der Waals surface area contributed by atoms with Crippen LogP contribution in [-0.4, -0.2) is 25.3 Å². The molecule has 2 aromatic heterocycles. The third-order valence-electron chi connectivity index (χ3n) is 1.58. The predicted molar refractivity (Wildman–Crippen MR) is 41.6 cm³/mol. The van der Waals surface area contributed by atoms with Crippen molar-refractivity contribution in [2.24, 2.45) is 7.05 Å². The lowest BCUT2D eigenvalue weighted by Crippen LogP contribution is -2.01. The van der Waals surface area contributed by atoms with Gasteiger partial charge in [0.05, 0.1) is 13.3 Å². The predicted octanol–water partition coefficient (Wildman–Crippen LogP) is -0.115. The third-order valence-corrected chi connectivity index (χ3v) is 1.58. The maximum absolute atomic E-state index is 9.62. The molecule has 0 spiro atoms. The van der Waals surface area contributed by atoms with Crippen LogP contribution in [-0.2, 0) is 7.05 Å². The SMILES string of the molecule is Cn1nnc(C(O)c2ccco2)n1. The lowest BCUT2D eigenvalue weighted by Gasteiger charge is -1.99. The summed E-state index contributed by atoms with van der Waals surface area (Å²) in [6, 6.07) is 3.34. The van der Waals surface area contributed by atoms with Crippen LogP contribution in [0.2, 0.25) is 0 Å². The van der Waals surface area contributed by atoms with Gasteiger partial charge in [0.15, 0.2) is 6.10 Å². The minimum Gasteiger partial charge on any atom is -0.466 e. The molecule has 0 aliphatic rings. The number of aliphatic hydroxyl groups excluding tert-OH is 1. The number of nitrogens with zero attached hydrogens (tertiary/aromatic N) is 4. The van der Waals surface area contributed by atoms with Gasteiger partial charge in [-0.1, -0.05) is 0 Å². The first-order valence-corrected chi connectivity index (χ1v) is 3.73. The highest BCUT2D eigenvalue weighted by molar-refractivity contribution is 5.09. The Morgan fingerprint density at radius 2 is 2.46 bits per heavy atom. The molecule has 0 aromatic carbocycles. The summed E-state index contributed by atoms with van der Waals surface area (Å²) >= 11 is 0. The van der Waals surface area contributed by atoms with Crippen molar-refractivity contribution in [2.45, 2.75) is 6.10 Å². The van der Waals surface area contributed by atoms with E-state index < -0.39 is 6.10 Å². The first-order chi connectivity index (χ1) is 6.27. The second-order valence-electron chi connectivity index (χ2n) is 2.56. The zero-order valence-corrected chi connectivity index (χ0v) is 6.95. The van der Waals surface area contributed by atoms with Crippen LogP contribution in [0.3, 0.4) is 0 Å². The maximum atomic E-state index is 9.62. The van der Waals surface area contributed by atoms with Crippen molar-refractivity contribution in [3.63, 3.8) is 0 Å². The fraction of sp³-hybridized carbons (Fsp3) is 0.286. The van der Waals surface area contributed by atoms with Gasteiger partial charge < -0.3 is 9.52 Å². The molecule has 0 fully saturated rings. The van der Waals surface area contributed by atoms with Gasteiger partial charge in [-0.15, -0.1) is 10.2 Å². The van der Waals surface area contributed by atoms with Crippen molar-refractivity contribution in [2.75, 3.05) is 0 Å². The van der Waals surface area contributed by atoms with E-state index in [2.05, 4.69) is 15.4 Å². The number of rotatable bonds is 2. The van der Waals surface area contributed by atoms with E-state index in [1.165, 1.54) is 11.1 Å². The van der Waals surface area contributed by atoms with E-state index in [1.807, 2.05) is 0 Å². The topological polar surface area (TPSA) is 77.0 Å². The molecule has 0 aliphatic heterocycles. The molecule has 1 N–H and O–H groups in total. The van der Waals surface area contributed by atoms with Gasteiger partial charge in [0.1, 0.15) is 5.76 Å². The fourth-order valence-corrected chi connectivity index (χ4v) is 0.982. The van der Waals surface area contributed by atoms with E-state index >= 15 is 0 Å². The van der Waals surface area contributed by atoms with Gasteiger partial charge >= 0.3 is 0 Å². The van der Waals surface area contributed by atoms with E-state index in [-0.39, 0.29) is 5.82 Å². The normalized spacial score (nSPS) is 13.1. The summed E-state index contributed by atoms with van der Waals surface area (Å²) in [6.07, 6.45) is 0.540. The molecule has 6 heteroatoms. The van der Waals surface area contributed by atoms with Crippen molar-refractivity contribution < 1.29 is 9.52 Å². The number of tetrazole rings is 1. The van der Waals surface area contributed by atoms with Gasteiger partial charge in [-0.25, -0.2) is 0 Å². The molecular weight excluding hydrogens is 172 g/mol. The number of furan rings is 1. The Labute approximate surface area is 73.8 Å². The molecule has 2 aromatic rings. The molecule has 6 nitrogen and oxygen atoms in total. The molecule has 0 saturated heterocycles. The number of hydrogen-bond acceptors (Lipinski definition) is 5. The summed E-state index contributed by atoms with van der Waals surface area (Å²) in [5.74, 6) is 0.644. The summed E-state index contributed by atoms with van der Waals surface area (Å²) < 4.78 is 4.99. The minimum atomic E-state index is -0.941. The van der Waals surface area contributed by atoms with Crippen LogP contribution >= 0.6 is 0 Å². The van der Waals surface area contributed by atoms with Gasteiger partial charge in [-0.3, -0.25) is 0 Å². The van der Waals surface area contributed by atoms with E-state index in [0.29, 0.717) is 5.76 Å². The second kappa shape index (κ2) is 2.98. The van der Waals surface area contributed by atoms with Crippen LogP contribution in [0, 0.1) is 0 Å². The Balaban J connectivity index is 2.28. The number of aryl methyl sites for hydroxylation is 1. The zero-order chi connectivity index (χ0) is 9.26. The standard InChI is InChI=1S/C7H8N4O2/c1-11-9-7(8-10-11)6(12)5-3-2-4-13-5/h2-4,6,12H,1H3. The fourth-order valence-electron chi connectivity index (χ4n) is 0.982. The van der Waals surface area contributed by atoms with Crippen molar-refractivity contribution >= 4 is 0 Å². The average molecular weight is 180 g/mol. The van der Waals surface area contributed by atoms with E-state index in [0.717, 1.165) is 0 Å². The highest BCUT2D eigenvalue weighted by Crippen LogP contribution is 2.17. The van der Waals surface area contributed by atoms with Crippen molar-refractivity contribution in [1.82, 2.24) is 20.2 Å². The highest BCUT2D eigenvalue weighted by Gasteiger charge is 2.17. The quantitative estimate of drug-likeness (QED) is 0.697. The second-order valence-corrected chi connectivity index (χ2v) is 2.56.